The number of rotatable bonds is 3. The Balaban J connectivity index is 1.60. The number of aliphatic hydroxyl groups is 1. The number of hydrogen-bond acceptors (Lipinski definition) is 5. The van der Waals surface area contributed by atoms with E-state index in [0.717, 1.165) is 31.5 Å². The summed E-state index contributed by atoms with van der Waals surface area (Å²) in [5.41, 5.74) is 0.720. The second kappa shape index (κ2) is 7.70. The zero-order valence-electron chi connectivity index (χ0n) is 15.8. The lowest BCUT2D eigenvalue weighted by Gasteiger charge is -2.48. The van der Waals surface area contributed by atoms with Gasteiger partial charge >= 0.3 is 0 Å². The first kappa shape index (κ1) is 18.6. The lowest BCUT2D eigenvalue weighted by Crippen LogP contribution is -2.61. The van der Waals surface area contributed by atoms with Crippen molar-refractivity contribution in [1.82, 2.24) is 14.8 Å². The van der Waals surface area contributed by atoms with Gasteiger partial charge in [0.05, 0.1) is 11.6 Å². The van der Waals surface area contributed by atoms with Crippen LogP contribution in [-0.2, 0) is 5.60 Å². The summed E-state index contributed by atoms with van der Waals surface area (Å²) in [5.74, 6) is -0.101. The van der Waals surface area contributed by atoms with E-state index in [2.05, 4.69) is 9.88 Å². The third-order valence-electron chi connectivity index (χ3n) is 5.97. The number of benzene rings is 1. The smallest absolute Gasteiger partial charge is 0.255 e. The lowest BCUT2D eigenvalue weighted by atomic mass is 9.79. The number of amides is 1. The Labute approximate surface area is 165 Å². The number of carbonyl (C=O) groups excluding carboxylic acids is 1. The van der Waals surface area contributed by atoms with Gasteiger partial charge in [-0.1, -0.05) is 30.3 Å². The van der Waals surface area contributed by atoms with Crippen LogP contribution in [0.2, 0.25) is 0 Å². The fourth-order valence-electron chi connectivity index (χ4n) is 4.41. The molecule has 1 amide bonds. The van der Waals surface area contributed by atoms with Crippen LogP contribution in [0, 0.1) is 11.3 Å². The van der Waals surface area contributed by atoms with Crippen LogP contribution in [0.15, 0.2) is 48.7 Å². The number of piperidine rings is 1. The third-order valence-corrected chi connectivity index (χ3v) is 5.97. The Morgan fingerprint density at radius 1 is 1.14 bits per heavy atom. The molecule has 2 aliphatic heterocycles. The maximum Gasteiger partial charge on any atom is 0.255 e. The number of nitrogens with zero attached hydrogens (tertiary/aromatic N) is 4. The van der Waals surface area contributed by atoms with Gasteiger partial charge < -0.3 is 10.0 Å². The highest BCUT2D eigenvalue weighted by molar-refractivity contribution is 5.94. The van der Waals surface area contributed by atoms with Gasteiger partial charge in [0.1, 0.15) is 17.4 Å². The SMILES string of the molecule is N#Cc1ccc(C(=O)N2CC[C@](O)(c3ccccc3)[C@H](N3CCCC3)C2)cn1. The molecule has 1 N–H and O–H groups in total. The molecule has 0 bridgehead atoms. The van der Waals surface area contributed by atoms with E-state index in [0.29, 0.717) is 30.8 Å². The second-order valence-corrected chi connectivity index (χ2v) is 7.59. The van der Waals surface area contributed by atoms with Crippen molar-refractivity contribution < 1.29 is 9.90 Å². The summed E-state index contributed by atoms with van der Waals surface area (Å²) < 4.78 is 0. The molecule has 1 aromatic heterocycles. The molecule has 0 unspecified atom stereocenters. The van der Waals surface area contributed by atoms with Gasteiger partial charge in [-0.2, -0.15) is 5.26 Å². The molecule has 28 heavy (non-hydrogen) atoms. The predicted molar refractivity (Wildman–Crippen MR) is 104 cm³/mol. The zero-order valence-corrected chi connectivity index (χ0v) is 15.8. The van der Waals surface area contributed by atoms with E-state index in [9.17, 15) is 9.90 Å². The van der Waals surface area contributed by atoms with Gasteiger partial charge in [-0.3, -0.25) is 9.69 Å². The Hall–Kier alpha value is -2.75. The summed E-state index contributed by atoms with van der Waals surface area (Å²) in [4.78, 5) is 21.2. The van der Waals surface area contributed by atoms with Gasteiger partial charge in [0, 0.05) is 19.3 Å². The maximum absolute atomic E-state index is 13.0. The predicted octanol–water partition coefficient (Wildman–Crippen LogP) is 2.15. The number of likely N-dealkylation sites (tertiary alicyclic amines) is 2. The molecule has 144 valence electrons. The normalized spacial score (nSPS) is 25.4. The zero-order chi connectivity index (χ0) is 19.6. The first-order valence-corrected chi connectivity index (χ1v) is 9.79. The monoisotopic (exact) mass is 376 g/mol. The van der Waals surface area contributed by atoms with E-state index in [-0.39, 0.29) is 11.9 Å². The number of hydrogen-bond donors (Lipinski definition) is 1. The van der Waals surface area contributed by atoms with Crippen molar-refractivity contribution in [3.8, 4) is 6.07 Å². The van der Waals surface area contributed by atoms with E-state index >= 15 is 0 Å². The summed E-state index contributed by atoms with van der Waals surface area (Å²) in [6.07, 6.45) is 4.20. The van der Waals surface area contributed by atoms with Crippen LogP contribution in [0.1, 0.15) is 40.9 Å². The minimum atomic E-state index is -0.967. The van der Waals surface area contributed by atoms with E-state index in [4.69, 9.17) is 5.26 Å². The summed E-state index contributed by atoms with van der Waals surface area (Å²) in [7, 11) is 0. The van der Waals surface area contributed by atoms with Crippen LogP contribution in [-0.4, -0.2) is 58.0 Å². The highest BCUT2D eigenvalue weighted by Gasteiger charge is 2.47. The third kappa shape index (κ3) is 3.39. The van der Waals surface area contributed by atoms with Gasteiger partial charge in [0.15, 0.2) is 0 Å². The van der Waals surface area contributed by atoms with Crippen molar-refractivity contribution in [2.45, 2.75) is 30.9 Å². The molecule has 2 aromatic rings. The molecule has 1 aromatic carbocycles. The molecule has 6 heteroatoms. The molecule has 6 nitrogen and oxygen atoms in total. The van der Waals surface area contributed by atoms with Crippen LogP contribution in [0.25, 0.3) is 0 Å². The van der Waals surface area contributed by atoms with E-state index in [1.165, 1.54) is 6.20 Å². The molecule has 0 radical (unpaired) electrons. The number of pyridine rings is 1. The summed E-state index contributed by atoms with van der Waals surface area (Å²) in [6.45, 7) is 2.85. The van der Waals surface area contributed by atoms with Crippen molar-refractivity contribution in [1.29, 1.82) is 5.26 Å². The fraction of sp³-hybridized carbons (Fsp3) is 0.409. The maximum atomic E-state index is 13.0. The fourth-order valence-corrected chi connectivity index (χ4v) is 4.41. The molecule has 2 aliphatic rings. The first-order valence-electron chi connectivity index (χ1n) is 9.79. The number of aromatic nitrogens is 1. The molecule has 2 saturated heterocycles. The summed E-state index contributed by atoms with van der Waals surface area (Å²) in [5, 5.41) is 20.6. The van der Waals surface area contributed by atoms with Crippen LogP contribution in [0.3, 0.4) is 0 Å². The van der Waals surface area contributed by atoms with Crippen molar-refractivity contribution in [3.63, 3.8) is 0 Å². The molecule has 0 aliphatic carbocycles. The molecular weight excluding hydrogens is 352 g/mol. The van der Waals surface area contributed by atoms with E-state index in [1.54, 1.807) is 12.1 Å². The Kier molecular flexibility index (Phi) is 5.12. The quantitative estimate of drug-likeness (QED) is 0.888. The van der Waals surface area contributed by atoms with Crippen molar-refractivity contribution in [2.75, 3.05) is 26.2 Å². The average Bonchev–Trinajstić information content (AvgIpc) is 3.29. The van der Waals surface area contributed by atoms with E-state index in [1.807, 2.05) is 41.3 Å². The van der Waals surface area contributed by atoms with E-state index < -0.39 is 5.60 Å². The van der Waals surface area contributed by atoms with Gasteiger partial charge in [0.25, 0.3) is 5.91 Å². The Morgan fingerprint density at radius 3 is 2.54 bits per heavy atom. The van der Waals surface area contributed by atoms with Crippen LogP contribution >= 0.6 is 0 Å². The highest BCUT2D eigenvalue weighted by Crippen LogP contribution is 2.37. The van der Waals surface area contributed by atoms with Crippen LogP contribution < -0.4 is 0 Å². The average molecular weight is 376 g/mol. The summed E-state index contributed by atoms with van der Waals surface area (Å²) >= 11 is 0. The topological polar surface area (TPSA) is 80.5 Å². The van der Waals surface area contributed by atoms with Gasteiger partial charge in [-0.15, -0.1) is 0 Å². The molecule has 0 spiro atoms. The van der Waals surface area contributed by atoms with Gasteiger partial charge in [-0.05, 0) is 50.0 Å². The van der Waals surface area contributed by atoms with Crippen molar-refractivity contribution in [3.05, 3.63) is 65.5 Å². The highest BCUT2D eigenvalue weighted by atomic mass is 16.3. The number of carbonyl (C=O) groups is 1. The first-order chi connectivity index (χ1) is 13.6. The molecule has 2 fully saturated rings. The molecule has 0 saturated carbocycles. The van der Waals surface area contributed by atoms with Crippen LogP contribution in [0.5, 0.6) is 0 Å². The number of nitriles is 1. The Morgan fingerprint density at radius 2 is 1.89 bits per heavy atom. The minimum absolute atomic E-state index is 0.101. The van der Waals surface area contributed by atoms with Crippen molar-refractivity contribution >= 4 is 5.91 Å². The molecule has 3 heterocycles. The second-order valence-electron chi connectivity index (χ2n) is 7.59. The van der Waals surface area contributed by atoms with Gasteiger partial charge in [-0.25, -0.2) is 4.98 Å². The largest absolute Gasteiger partial charge is 0.383 e. The lowest BCUT2D eigenvalue weighted by molar-refractivity contribution is -0.0878. The molecule has 4 rings (SSSR count). The Bertz CT molecular complexity index is 872. The van der Waals surface area contributed by atoms with Gasteiger partial charge in [0.2, 0.25) is 0 Å². The minimum Gasteiger partial charge on any atom is -0.383 e. The molecular formula is C22H24N4O2. The van der Waals surface area contributed by atoms with Crippen molar-refractivity contribution in [2.24, 2.45) is 0 Å². The summed E-state index contributed by atoms with van der Waals surface area (Å²) in [6, 6.07) is 14.9. The molecule has 2 atom stereocenters. The standard InChI is InChI=1S/C22H24N4O2/c23-14-19-9-8-17(15-24-19)21(27)26-13-10-22(28,18-6-2-1-3-7-18)20(16-26)25-11-4-5-12-25/h1-3,6-9,15,20,28H,4-5,10-13,16H2/t20-,22+/m1/s1. The van der Waals surface area contributed by atoms with Crippen LogP contribution in [0.4, 0.5) is 0 Å².